The normalized spacial score (nSPS) is 17.4. The number of hydrogen-bond donors (Lipinski definition) is 3. The molecule has 3 aromatic carbocycles. The maximum absolute atomic E-state index is 13.5. The molecule has 0 aliphatic carbocycles. The van der Waals surface area contributed by atoms with Crippen LogP contribution >= 0.6 is 0 Å². The van der Waals surface area contributed by atoms with Crippen molar-refractivity contribution in [2.75, 3.05) is 70.3 Å². The predicted octanol–water partition coefficient (Wildman–Crippen LogP) is 4.54. The minimum Gasteiger partial charge on any atom is -0.457 e. The first kappa shape index (κ1) is 43.6. The highest BCUT2D eigenvalue weighted by molar-refractivity contribution is 6.25. The average Bonchev–Trinajstić information content (AvgIpc) is 3.82. The number of piperidine rings is 2. The zero-order valence-electron chi connectivity index (χ0n) is 35.2. The lowest BCUT2D eigenvalue weighted by Crippen LogP contribution is -2.54. The van der Waals surface area contributed by atoms with Crippen molar-refractivity contribution in [3.8, 4) is 22.8 Å². The van der Waals surface area contributed by atoms with E-state index < -0.39 is 29.7 Å². The molecule has 5 heterocycles. The molecule has 2 unspecified atom stereocenters. The van der Waals surface area contributed by atoms with Crippen LogP contribution in [0.1, 0.15) is 58.9 Å². The summed E-state index contributed by atoms with van der Waals surface area (Å²) in [7, 11) is 0. The van der Waals surface area contributed by atoms with Gasteiger partial charge in [0.25, 0.3) is 11.8 Å². The molecule has 0 radical (unpaired) electrons. The Labute approximate surface area is 368 Å². The number of aromatic nitrogens is 4. The highest BCUT2D eigenvalue weighted by Crippen LogP contribution is 2.36. The van der Waals surface area contributed by atoms with Crippen LogP contribution in [0.15, 0.2) is 91.3 Å². The van der Waals surface area contributed by atoms with E-state index in [1.165, 1.54) is 6.33 Å². The molecular formula is C46H49N9O9. The molecule has 18 nitrogen and oxygen atoms in total. The second-order valence-electron chi connectivity index (χ2n) is 15.5. The lowest BCUT2D eigenvalue weighted by Gasteiger charge is -2.33. The minimum absolute atomic E-state index is 0.0518. The maximum Gasteiger partial charge on any atom is 0.264 e. The molecule has 64 heavy (non-hydrogen) atoms. The molecule has 2 fully saturated rings. The van der Waals surface area contributed by atoms with Gasteiger partial charge < -0.3 is 34.9 Å². The summed E-state index contributed by atoms with van der Waals surface area (Å²) in [5.74, 6) is -0.589. The molecular weight excluding hydrogens is 823 g/mol. The van der Waals surface area contributed by atoms with E-state index in [1.807, 2.05) is 64.2 Å². The van der Waals surface area contributed by atoms with Gasteiger partial charge in [0.05, 0.1) is 62.2 Å². The SMILES string of the molecule is C=C(CCOCCOCCOCCNc1cccc2c1C(=O)N(C1CCC(=O)NC1=O)C2=O)C(=O)N1CCCC(n2nc(-c3ccc(Oc4ccccc4)cc3)c3c(N)ncnc32)C1. The molecule has 5 amide bonds. The number of ether oxygens (including phenoxy) is 4. The lowest BCUT2D eigenvalue weighted by molar-refractivity contribution is -0.136. The fourth-order valence-electron chi connectivity index (χ4n) is 8.08. The van der Waals surface area contributed by atoms with Gasteiger partial charge in [-0.05, 0) is 67.8 Å². The summed E-state index contributed by atoms with van der Waals surface area (Å²) in [4.78, 5) is 75.4. The van der Waals surface area contributed by atoms with Crippen molar-refractivity contribution < 1.29 is 42.9 Å². The van der Waals surface area contributed by atoms with Crippen LogP contribution in [0.5, 0.6) is 11.5 Å². The molecule has 8 rings (SSSR count). The van der Waals surface area contributed by atoms with Crippen molar-refractivity contribution in [1.29, 1.82) is 0 Å². The molecule has 2 atom stereocenters. The van der Waals surface area contributed by atoms with Gasteiger partial charge >= 0.3 is 0 Å². The van der Waals surface area contributed by atoms with Gasteiger partial charge in [-0.1, -0.05) is 30.8 Å². The van der Waals surface area contributed by atoms with Crippen LogP contribution in [0.2, 0.25) is 0 Å². The molecule has 0 bridgehead atoms. The van der Waals surface area contributed by atoms with Crippen molar-refractivity contribution >= 4 is 52.1 Å². The van der Waals surface area contributed by atoms with Crippen molar-refractivity contribution in [1.82, 2.24) is 34.9 Å². The Morgan fingerprint density at radius 3 is 2.34 bits per heavy atom. The number of nitrogens with one attached hydrogen (secondary N) is 2. The van der Waals surface area contributed by atoms with Crippen molar-refractivity contribution in [3.05, 3.63) is 102 Å². The molecule has 2 aromatic heterocycles. The summed E-state index contributed by atoms with van der Waals surface area (Å²) in [5.41, 5.74) is 9.81. The third-order valence-electron chi connectivity index (χ3n) is 11.3. The molecule has 3 aliphatic rings. The van der Waals surface area contributed by atoms with E-state index in [2.05, 4.69) is 27.2 Å². The Kier molecular flexibility index (Phi) is 13.6. The van der Waals surface area contributed by atoms with Gasteiger partial charge in [-0.15, -0.1) is 0 Å². The minimum atomic E-state index is -1.03. The van der Waals surface area contributed by atoms with Crippen LogP contribution in [0.25, 0.3) is 22.3 Å². The number of nitrogen functional groups attached to an aromatic ring is 1. The number of benzene rings is 3. The number of hydrogen-bond acceptors (Lipinski definition) is 14. The summed E-state index contributed by atoms with van der Waals surface area (Å²) in [6.07, 6.45) is 3.53. The van der Waals surface area contributed by atoms with E-state index >= 15 is 0 Å². The van der Waals surface area contributed by atoms with Crippen molar-refractivity contribution in [3.63, 3.8) is 0 Å². The smallest absolute Gasteiger partial charge is 0.264 e. The van der Waals surface area contributed by atoms with E-state index in [-0.39, 0.29) is 35.9 Å². The number of imide groups is 2. The van der Waals surface area contributed by atoms with Gasteiger partial charge in [0.15, 0.2) is 5.65 Å². The van der Waals surface area contributed by atoms with Gasteiger partial charge in [0.2, 0.25) is 17.7 Å². The molecule has 0 spiro atoms. The summed E-state index contributed by atoms with van der Waals surface area (Å²) < 4.78 is 24.9. The summed E-state index contributed by atoms with van der Waals surface area (Å²) >= 11 is 0. The third-order valence-corrected chi connectivity index (χ3v) is 11.3. The number of carbonyl (C=O) groups excluding carboxylic acids is 5. The maximum atomic E-state index is 13.5. The molecule has 2 saturated heterocycles. The Balaban J connectivity index is 0.729. The third kappa shape index (κ3) is 9.63. The largest absolute Gasteiger partial charge is 0.457 e. The summed E-state index contributed by atoms with van der Waals surface area (Å²) in [6, 6.07) is 20.9. The fourth-order valence-corrected chi connectivity index (χ4v) is 8.08. The van der Waals surface area contributed by atoms with Crippen LogP contribution in [-0.2, 0) is 28.6 Å². The van der Waals surface area contributed by atoms with E-state index in [0.717, 1.165) is 29.1 Å². The number of nitrogens with zero attached hydrogens (tertiary/aromatic N) is 6. The Hall–Kier alpha value is -7.02. The van der Waals surface area contributed by atoms with E-state index in [9.17, 15) is 24.0 Å². The average molecular weight is 872 g/mol. The van der Waals surface area contributed by atoms with Gasteiger partial charge in [0.1, 0.15) is 35.4 Å². The number of rotatable bonds is 19. The number of likely N-dealkylation sites (tertiary alicyclic amines) is 1. The second kappa shape index (κ2) is 20.0. The molecule has 0 saturated carbocycles. The Morgan fingerprint density at radius 1 is 0.844 bits per heavy atom. The van der Waals surface area contributed by atoms with Gasteiger partial charge in [-0.25, -0.2) is 14.6 Å². The van der Waals surface area contributed by atoms with Gasteiger partial charge in [-0.3, -0.25) is 34.2 Å². The zero-order chi connectivity index (χ0) is 44.6. The van der Waals surface area contributed by atoms with E-state index in [1.54, 1.807) is 18.2 Å². The van der Waals surface area contributed by atoms with Crippen LogP contribution in [-0.4, -0.2) is 124 Å². The number of carbonyl (C=O) groups is 5. The molecule has 4 N–H and O–H groups in total. The number of anilines is 2. The quantitative estimate of drug-likeness (QED) is 0.0589. The summed E-state index contributed by atoms with van der Waals surface area (Å²) in [5, 5.41) is 11.0. The van der Waals surface area contributed by atoms with E-state index in [4.69, 9.17) is 29.8 Å². The van der Waals surface area contributed by atoms with Crippen LogP contribution < -0.4 is 21.1 Å². The van der Waals surface area contributed by atoms with Crippen molar-refractivity contribution in [2.24, 2.45) is 0 Å². The van der Waals surface area contributed by atoms with Crippen LogP contribution in [0.3, 0.4) is 0 Å². The predicted molar refractivity (Wildman–Crippen MR) is 234 cm³/mol. The van der Waals surface area contributed by atoms with Crippen LogP contribution in [0, 0.1) is 0 Å². The monoisotopic (exact) mass is 871 g/mol. The number of para-hydroxylation sites is 1. The Morgan fingerprint density at radius 2 is 1.58 bits per heavy atom. The number of amides is 5. The first-order chi connectivity index (χ1) is 31.2. The second-order valence-corrected chi connectivity index (χ2v) is 15.5. The standard InChI is InChI=1S/C46H49N9O9/c1-29(18-21-61-23-25-63-26-24-62-22-19-48-35-11-5-10-34-38(35)46(60)54(45(34)59)36-16-17-37(56)51-43(36)57)44(58)53-20-6-7-31(27-53)55-42-39(41(47)49-28-50-42)40(52-55)30-12-14-33(15-13-30)64-32-8-3-2-4-9-32/h2-5,8-15,28,31,36,48H,1,6-7,16-27H2,(H2,47,49,50)(H,51,56,57). The number of fused-ring (bicyclic) bond motifs is 2. The lowest BCUT2D eigenvalue weighted by atomic mass is 10.0. The topological polar surface area (TPSA) is 222 Å². The van der Waals surface area contributed by atoms with Crippen LogP contribution in [0.4, 0.5) is 11.5 Å². The molecule has 332 valence electrons. The first-order valence-electron chi connectivity index (χ1n) is 21.3. The fraction of sp³-hybridized carbons (Fsp3) is 0.348. The first-order valence-corrected chi connectivity index (χ1v) is 21.3. The molecule has 5 aromatic rings. The summed E-state index contributed by atoms with van der Waals surface area (Å²) in [6.45, 7) is 7.41. The zero-order valence-corrected chi connectivity index (χ0v) is 35.2. The Bertz CT molecular complexity index is 2550. The van der Waals surface area contributed by atoms with Crippen molar-refractivity contribution in [2.45, 2.75) is 44.2 Å². The van der Waals surface area contributed by atoms with E-state index in [0.29, 0.717) is 105 Å². The van der Waals surface area contributed by atoms with Gasteiger partial charge in [0, 0.05) is 49.3 Å². The number of nitrogens with two attached hydrogens (primary N) is 1. The highest BCUT2D eigenvalue weighted by Gasteiger charge is 2.45. The molecule has 3 aliphatic heterocycles. The highest BCUT2D eigenvalue weighted by atomic mass is 16.5. The van der Waals surface area contributed by atoms with Gasteiger partial charge in [-0.2, -0.15) is 5.10 Å². The molecule has 18 heteroatoms.